The first-order valence-electron chi connectivity index (χ1n) is 11.8. The molecular weight excluding hydrogens is 455 g/mol. The molecule has 7 rings (SSSR count). The Morgan fingerprint density at radius 2 is 1.37 bits per heavy atom. The van der Waals surface area contributed by atoms with Gasteiger partial charge in [0.25, 0.3) is 7.82 Å². The Morgan fingerprint density at radius 1 is 0.800 bits per heavy atom. The standard InChI is InChI=1S/C30H23.H3O4P/c1-2-10-20(11-3-1)18-26-23-14-8-9-17-27(23)30-19-21-12-4-5-13-22(21)28(30)24-15-6-7-16-25(24)29(26)30;1-5(2,3)4/h1-17,26,28H,18-19H2;(H3,1,2,3,4)/q+1;/p-1/t26?,28-,30+;/m1./s1. The highest BCUT2D eigenvalue weighted by atomic mass is 31.2. The minimum absolute atomic E-state index is 0.0867. The van der Waals surface area contributed by atoms with Gasteiger partial charge in [0.1, 0.15) is 5.56 Å². The molecule has 0 aliphatic heterocycles. The molecule has 1 unspecified atom stereocenters. The molecule has 3 atom stereocenters. The van der Waals surface area contributed by atoms with E-state index in [0.29, 0.717) is 11.8 Å². The van der Waals surface area contributed by atoms with Crippen LogP contribution >= 0.6 is 7.82 Å². The third kappa shape index (κ3) is 3.57. The van der Waals surface area contributed by atoms with Crippen molar-refractivity contribution < 1.29 is 19.2 Å². The van der Waals surface area contributed by atoms with Crippen LogP contribution in [0.5, 0.6) is 0 Å². The highest BCUT2D eigenvalue weighted by Gasteiger charge is 2.70. The van der Waals surface area contributed by atoms with Crippen molar-refractivity contribution in [2.75, 3.05) is 0 Å². The van der Waals surface area contributed by atoms with Crippen LogP contribution in [0.3, 0.4) is 0 Å². The van der Waals surface area contributed by atoms with Gasteiger partial charge in [-0.25, -0.2) is 0 Å². The Balaban J connectivity index is 0.000000419. The van der Waals surface area contributed by atoms with E-state index >= 15 is 0 Å². The largest absolute Gasteiger partial charge is 0.756 e. The van der Waals surface area contributed by atoms with Gasteiger partial charge in [-0.15, -0.1) is 0 Å². The summed E-state index contributed by atoms with van der Waals surface area (Å²) in [6, 6.07) is 38.7. The molecule has 0 saturated heterocycles. The molecule has 3 aliphatic carbocycles. The molecule has 4 aromatic rings. The zero-order valence-electron chi connectivity index (χ0n) is 19.0. The molecule has 4 nitrogen and oxygen atoms in total. The number of phosphoric acid groups is 1. The molecule has 0 saturated carbocycles. The molecule has 3 aliphatic rings. The molecule has 0 amide bonds. The topological polar surface area (TPSA) is 80.6 Å². The summed E-state index contributed by atoms with van der Waals surface area (Å²) in [7, 11) is -4.89. The van der Waals surface area contributed by atoms with Crippen molar-refractivity contribution in [3.8, 4) is 0 Å². The van der Waals surface area contributed by atoms with Crippen LogP contribution in [0.15, 0.2) is 103 Å². The summed E-state index contributed by atoms with van der Waals surface area (Å²) in [5.74, 6) is 2.57. The maximum Gasteiger partial charge on any atom is 0.262 e. The highest BCUT2D eigenvalue weighted by Crippen LogP contribution is 2.71. The van der Waals surface area contributed by atoms with Crippen LogP contribution in [-0.4, -0.2) is 9.79 Å². The minimum atomic E-state index is -4.89. The van der Waals surface area contributed by atoms with Crippen molar-refractivity contribution in [1.82, 2.24) is 0 Å². The lowest BCUT2D eigenvalue weighted by Gasteiger charge is -2.28. The lowest BCUT2D eigenvalue weighted by molar-refractivity contribution is -0.214. The molecule has 4 aromatic carbocycles. The van der Waals surface area contributed by atoms with Crippen LogP contribution in [0.1, 0.15) is 50.8 Å². The first kappa shape index (κ1) is 22.3. The summed E-state index contributed by atoms with van der Waals surface area (Å²) < 4.78 is 8.77. The summed E-state index contributed by atoms with van der Waals surface area (Å²) in [4.78, 5) is 22.9. The summed E-state index contributed by atoms with van der Waals surface area (Å²) in [5.41, 5.74) is 10.7. The summed E-state index contributed by atoms with van der Waals surface area (Å²) in [6.07, 6.45) is 2.20. The van der Waals surface area contributed by atoms with Gasteiger partial charge in [0, 0.05) is 12.1 Å². The van der Waals surface area contributed by atoms with Gasteiger partial charge in [-0.2, -0.15) is 0 Å². The zero-order valence-corrected chi connectivity index (χ0v) is 19.9. The van der Waals surface area contributed by atoms with E-state index in [1.54, 1.807) is 17.0 Å². The molecule has 1 spiro atoms. The van der Waals surface area contributed by atoms with Crippen molar-refractivity contribution in [1.29, 1.82) is 0 Å². The van der Waals surface area contributed by atoms with Crippen molar-refractivity contribution >= 4 is 7.82 Å². The quantitative estimate of drug-likeness (QED) is 0.312. The fourth-order valence-corrected chi connectivity index (χ4v) is 6.88. The van der Waals surface area contributed by atoms with Crippen molar-refractivity contribution in [2.24, 2.45) is 0 Å². The van der Waals surface area contributed by atoms with Crippen LogP contribution in [0.4, 0.5) is 0 Å². The van der Waals surface area contributed by atoms with Crippen LogP contribution < -0.4 is 4.89 Å². The number of rotatable bonds is 2. The second-order valence-electron chi connectivity index (χ2n) is 9.60. The molecule has 0 aromatic heterocycles. The van der Waals surface area contributed by atoms with E-state index < -0.39 is 7.82 Å². The van der Waals surface area contributed by atoms with Gasteiger partial charge >= 0.3 is 0 Å². The normalized spacial score (nSPS) is 22.9. The highest BCUT2D eigenvalue weighted by molar-refractivity contribution is 7.43. The van der Waals surface area contributed by atoms with E-state index in [9.17, 15) is 0 Å². The second-order valence-corrected chi connectivity index (χ2v) is 10.6. The molecule has 0 heterocycles. The Morgan fingerprint density at radius 3 is 2.11 bits per heavy atom. The van der Waals surface area contributed by atoms with E-state index in [1.807, 2.05) is 0 Å². The summed E-state index contributed by atoms with van der Waals surface area (Å²) >= 11 is 0. The third-order valence-corrected chi connectivity index (χ3v) is 7.82. The van der Waals surface area contributed by atoms with Gasteiger partial charge < -0.3 is 14.7 Å². The van der Waals surface area contributed by atoms with E-state index in [-0.39, 0.29) is 5.41 Å². The van der Waals surface area contributed by atoms with Gasteiger partial charge in [-0.05, 0) is 52.8 Å². The Kier molecular flexibility index (Phi) is 5.24. The fraction of sp³-hybridized carbons (Fsp3) is 0.167. The van der Waals surface area contributed by atoms with Crippen LogP contribution in [0.2, 0.25) is 0 Å². The van der Waals surface area contributed by atoms with E-state index in [4.69, 9.17) is 19.2 Å². The lowest BCUT2D eigenvalue weighted by atomic mass is 9.68. The van der Waals surface area contributed by atoms with Crippen LogP contribution in [0.25, 0.3) is 0 Å². The van der Waals surface area contributed by atoms with Gasteiger partial charge in [0.05, 0.1) is 28.7 Å². The molecule has 0 radical (unpaired) electrons. The summed E-state index contributed by atoms with van der Waals surface area (Å²) in [6.45, 7) is 0. The van der Waals surface area contributed by atoms with Crippen LogP contribution in [-0.2, 0) is 22.8 Å². The predicted molar refractivity (Wildman–Crippen MR) is 134 cm³/mol. The van der Waals surface area contributed by atoms with Crippen molar-refractivity contribution in [2.45, 2.75) is 30.1 Å². The number of benzene rings is 4. The number of hydrogen-bond acceptors (Lipinski definition) is 2. The maximum atomic E-state index is 8.77. The average molecular weight is 481 g/mol. The predicted octanol–water partition coefficient (Wildman–Crippen LogP) is 5.03. The van der Waals surface area contributed by atoms with Gasteiger partial charge in [-0.3, -0.25) is 4.57 Å². The lowest BCUT2D eigenvalue weighted by Crippen LogP contribution is -2.31. The molecule has 35 heavy (non-hydrogen) atoms. The van der Waals surface area contributed by atoms with E-state index in [0.717, 1.165) is 12.8 Å². The smallest absolute Gasteiger partial charge is 0.262 e. The number of fused-ring (bicyclic) bond motifs is 6. The molecule has 2 N–H and O–H groups in total. The first-order valence-corrected chi connectivity index (χ1v) is 13.4. The fourth-order valence-electron chi connectivity index (χ4n) is 6.88. The summed E-state index contributed by atoms with van der Waals surface area (Å²) in [5, 5.41) is 0. The number of hydrogen-bond donors (Lipinski definition) is 2. The first-order chi connectivity index (χ1) is 16.9. The van der Waals surface area contributed by atoms with E-state index in [1.165, 1.54) is 27.8 Å². The minimum Gasteiger partial charge on any atom is -0.756 e. The monoisotopic (exact) mass is 480 g/mol. The molecule has 5 heteroatoms. The van der Waals surface area contributed by atoms with Gasteiger partial charge in [0.2, 0.25) is 0 Å². The second kappa shape index (κ2) is 8.22. The van der Waals surface area contributed by atoms with Gasteiger partial charge in [0.15, 0.2) is 0 Å². The van der Waals surface area contributed by atoms with Gasteiger partial charge in [-0.1, -0.05) is 78.9 Å². The average Bonchev–Trinajstić information content (AvgIpc) is 3.41. The Labute approximate surface area is 205 Å². The zero-order chi connectivity index (χ0) is 24.2. The maximum absolute atomic E-state index is 8.77. The van der Waals surface area contributed by atoms with Crippen molar-refractivity contribution in [3.63, 3.8) is 0 Å². The molecular formula is C30H25O4P. The Hall–Kier alpha value is -3.14. The van der Waals surface area contributed by atoms with E-state index in [2.05, 4.69) is 103 Å². The third-order valence-electron chi connectivity index (χ3n) is 7.82. The molecule has 0 fully saturated rings. The van der Waals surface area contributed by atoms with Crippen molar-refractivity contribution in [3.05, 3.63) is 148 Å². The molecule has 174 valence electrons. The SMILES string of the molecule is O=P([O-])(O)O.c1ccc(CC2c3ccccc3[C@@]34Cc5ccccc5[C@@H]3c3ccccc3[C+]24)cc1. The Bertz CT molecular complexity index is 1440. The molecule has 0 bridgehead atoms. The van der Waals surface area contributed by atoms with Crippen LogP contribution in [0, 0.1) is 5.92 Å².